The lowest BCUT2D eigenvalue weighted by Crippen LogP contribution is -2.38. The zero-order chi connectivity index (χ0) is 13.1. The first-order valence-electron chi connectivity index (χ1n) is 5.48. The van der Waals surface area contributed by atoms with Crippen LogP contribution in [-0.4, -0.2) is 44.2 Å². The van der Waals surface area contributed by atoms with Crippen LogP contribution in [0.25, 0.3) is 0 Å². The summed E-state index contributed by atoms with van der Waals surface area (Å²) < 4.78 is 20.1. The Bertz CT molecular complexity index is 276. The average Bonchev–Trinajstić information content (AvgIpc) is 2.65. The minimum Gasteiger partial charge on any atom is -0.467 e. The highest BCUT2D eigenvalue weighted by Gasteiger charge is 2.51. The van der Waals surface area contributed by atoms with E-state index in [0.717, 1.165) is 6.42 Å². The maximum absolute atomic E-state index is 11.5. The number of rotatable bonds is 4. The Balaban J connectivity index is 2.86. The molecule has 0 aromatic carbocycles. The topological polar surface area (TPSA) is 71.1 Å². The number of methoxy groups -OCH3 is 2. The van der Waals surface area contributed by atoms with E-state index < -0.39 is 29.9 Å². The van der Waals surface area contributed by atoms with Crippen LogP contribution in [0.1, 0.15) is 26.7 Å². The van der Waals surface area contributed by atoms with Crippen LogP contribution in [-0.2, 0) is 28.5 Å². The van der Waals surface area contributed by atoms with Crippen LogP contribution >= 0.6 is 0 Å². The van der Waals surface area contributed by atoms with Crippen molar-refractivity contribution in [3.8, 4) is 0 Å². The SMILES string of the molecule is CCCC1(C)O[C@H](C(=O)OC)[C@H](C(=O)OC)O1. The fraction of sp³-hybridized carbons (Fsp3) is 0.818. The molecule has 0 N–H and O–H groups in total. The van der Waals surface area contributed by atoms with Crippen LogP contribution in [0.2, 0.25) is 0 Å². The molecule has 0 bridgehead atoms. The lowest BCUT2D eigenvalue weighted by molar-refractivity contribution is -0.182. The fourth-order valence-electron chi connectivity index (χ4n) is 1.84. The summed E-state index contributed by atoms with van der Waals surface area (Å²) in [5.74, 6) is -2.23. The van der Waals surface area contributed by atoms with Gasteiger partial charge in [-0.2, -0.15) is 0 Å². The Labute approximate surface area is 100 Å². The van der Waals surface area contributed by atoms with Crippen LogP contribution < -0.4 is 0 Å². The number of ether oxygens (including phenoxy) is 4. The van der Waals surface area contributed by atoms with Gasteiger partial charge in [-0.15, -0.1) is 0 Å². The van der Waals surface area contributed by atoms with Gasteiger partial charge in [0.2, 0.25) is 0 Å². The van der Waals surface area contributed by atoms with Crippen molar-refractivity contribution < 1.29 is 28.5 Å². The second-order valence-electron chi connectivity index (χ2n) is 4.01. The summed E-state index contributed by atoms with van der Waals surface area (Å²) in [6, 6.07) is 0. The summed E-state index contributed by atoms with van der Waals surface area (Å²) in [4.78, 5) is 23.0. The molecule has 6 nitrogen and oxygen atoms in total. The van der Waals surface area contributed by atoms with Crippen LogP contribution in [0.15, 0.2) is 0 Å². The van der Waals surface area contributed by atoms with Gasteiger partial charge in [0, 0.05) is 6.42 Å². The van der Waals surface area contributed by atoms with Crippen molar-refractivity contribution in [3.63, 3.8) is 0 Å². The van der Waals surface area contributed by atoms with Crippen molar-refractivity contribution in [1.29, 1.82) is 0 Å². The summed E-state index contributed by atoms with van der Waals surface area (Å²) in [7, 11) is 2.46. The smallest absolute Gasteiger partial charge is 0.338 e. The number of hydrogen-bond acceptors (Lipinski definition) is 6. The lowest BCUT2D eigenvalue weighted by Gasteiger charge is -2.21. The molecule has 1 aliphatic heterocycles. The van der Waals surface area contributed by atoms with E-state index in [0.29, 0.717) is 6.42 Å². The fourth-order valence-corrected chi connectivity index (χ4v) is 1.84. The van der Waals surface area contributed by atoms with Gasteiger partial charge in [-0.3, -0.25) is 0 Å². The van der Waals surface area contributed by atoms with Crippen molar-refractivity contribution in [2.45, 2.75) is 44.7 Å². The van der Waals surface area contributed by atoms with Gasteiger partial charge in [-0.05, 0) is 6.92 Å². The lowest BCUT2D eigenvalue weighted by atomic mass is 10.2. The molecule has 1 aliphatic rings. The summed E-state index contributed by atoms with van der Waals surface area (Å²) in [5.41, 5.74) is 0. The minimum absolute atomic E-state index is 0.577. The second-order valence-corrected chi connectivity index (χ2v) is 4.01. The van der Waals surface area contributed by atoms with Crippen LogP contribution in [0.4, 0.5) is 0 Å². The molecule has 1 heterocycles. The number of esters is 2. The van der Waals surface area contributed by atoms with E-state index in [-0.39, 0.29) is 0 Å². The van der Waals surface area contributed by atoms with Crippen LogP contribution in [0.5, 0.6) is 0 Å². The molecule has 0 spiro atoms. The van der Waals surface area contributed by atoms with Crippen molar-refractivity contribution in [2.75, 3.05) is 14.2 Å². The number of hydrogen-bond donors (Lipinski definition) is 0. The zero-order valence-electron chi connectivity index (χ0n) is 10.5. The maximum atomic E-state index is 11.5. The van der Waals surface area contributed by atoms with Gasteiger partial charge in [-0.25, -0.2) is 9.59 Å². The van der Waals surface area contributed by atoms with Gasteiger partial charge in [0.15, 0.2) is 18.0 Å². The van der Waals surface area contributed by atoms with E-state index in [9.17, 15) is 9.59 Å². The molecule has 0 radical (unpaired) electrons. The Morgan fingerprint density at radius 2 is 1.53 bits per heavy atom. The van der Waals surface area contributed by atoms with E-state index in [4.69, 9.17) is 9.47 Å². The molecule has 0 aromatic rings. The van der Waals surface area contributed by atoms with Gasteiger partial charge in [0.25, 0.3) is 0 Å². The quantitative estimate of drug-likeness (QED) is 0.678. The zero-order valence-corrected chi connectivity index (χ0v) is 10.5. The van der Waals surface area contributed by atoms with Gasteiger partial charge in [0.1, 0.15) is 0 Å². The third-order valence-corrected chi connectivity index (χ3v) is 2.60. The van der Waals surface area contributed by atoms with Crippen LogP contribution in [0.3, 0.4) is 0 Å². The molecule has 0 amide bonds. The Kier molecular flexibility index (Phi) is 4.47. The molecule has 3 atom stereocenters. The predicted molar refractivity (Wildman–Crippen MR) is 57.1 cm³/mol. The van der Waals surface area contributed by atoms with Crippen molar-refractivity contribution in [1.82, 2.24) is 0 Å². The third-order valence-electron chi connectivity index (χ3n) is 2.60. The van der Waals surface area contributed by atoms with Gasteiger partial charge in [0.05, 0.1) is 14.2 Å². The second kappa shape index (κ2) is 5.46. The largest absolute Gasteiger partial charge is 0.467 e. The van der Waals surface area contributed by atoms with E-state index in [1.807, 2.05) is 6.92 Å². The molecule has 1 unspecified atom stereocenters. The van der Waals surface area contributed by atoms with E-state index in [1.165, 1.54) is 14.2 Å². The monoisotopic (exact) mass is 246 g/mol. The molecule has 1 rings (SSSR count). The summed E-state index contributed by atoms with van der Waals surface area (Å²) in [6.07, 6.45) is -0.750. The molecule has 17 heavy (non-hydrogen) atoms. The van der Waals surface area contributed by atoms with Crippen LogP contribution in [0, 0.1) is 0 Å². The highest BCUT2D eigenvalue weighted by atomic mass is 16.8. The molecule has 1 saturated heterocycles. The standard InChI is InChI=1S/C11H18O6/c1-5-6-11(2)16-7(9(12)14-3)8(17-11)10(13)15-4/h7-8H,5-6H2,1-4H3/t7-,8+,11?. The van der Waals surface area contributed by atoms with E-state index >= 15 is 0 Å². The number of carbonyl (C=O) groups excluding carboxylic acids is 2. The third kappa shape index (κ3) is 2.95. The van der Waals surface area contributed by atoms with Crippen molar-refractivity contribution in [3.05, 3.63) is 0 Å². The first-order valence-corrected chi connectivity index (χ1v) is 5.48. The highest BCUT2D eigenvalue weighted by Crippen LogP contribution is 2.33. The minimum atomic E-state index is -1.07. The Morgan fingerprint density at radius 1 is 1.12 bits per heavy atom. The average molecular weight is 246 g/mol. The summed E-state index contributed by atoms with van der Waals surface area (Å²) in [6.45, 7) is 3.64. The Morgan fingerprint density at radius 3 is 1.82 bits per heavy atom. The number of carbonyl (C=O) groups is 2. The first kappa shape index (κ1) is 13.9. The summed E-state index contributed by atoms with van der Waals surface area (Å²) >= 11 is 0. The molecule has 1 fully saturated rings. The molecular weight excluding hydrogens is 228 g/mol. The van der Waals surface area contributed by atoms with E-state index in [2.05, 4.69) is 9.47 Å². The summed E-state index contributed by atoms with van der Waals surface area (Å²) in [5, 5.41) is 0. The van der Waals surface area contributed by atoms with Gasteiger partial charge >= 0.3 is 11.9 Å². The van der Waals surface area contributed by atoms with Gasteiger partial charge in [-0.1, -0.05) is 13.3 Å². The van der Waals surface area contributed by atoms with Crippen molar-refractivity contribution >= 4 is 11.9 Å². The molecule has 98 valence electrons. The molecule has 0 aromatic heterocycles. The molecule has 0 aliphatic carbocycles. The predicted octanol–water partition coefficient (Wildman–Crippen LogP) is 0.633. The first-order chi connectivity index (χ1) is 7.97. The normalized spacial score (nSPS) is 32.2. The highest BCUT2D eigenvalue weighted by molar-refractivity contribution is 5.86. The van der Waals surface area contributed by atoms with Gasteiger partial charge < -0.3 is 18.9 Å². The molecule has 0 saturated carbocycles. The molecular formula is C11H18O6. The molecule has 6 heteroatoms. The van der Waals surface area contributed by atoms with Crippen molar-refractivity contribution in [2.24, 2.45) is 0 Å². The van der Waals surface area contributed by atoms with E-state index in [1.54, 1.807) is 6.92 Å². The Hall–Kier alpha value is -1.14. The maximum Gasteiger partial charge on any atom is 0.338 e.